The Morgan fingerprint density at radius 1 is 1.21 bits per heavy atom. The summed E-state index contributed by atoms with van der Waals surface area (Å²) < 4.78 is 24.8. The Morgan fingerprint density at radius 3 is 2.26 bits per heavy atom. The second-order valence-electron chi connectivity index (χ2n) is 4.12. The van der Waals surface area contributed by atoms with Gasteiger partial charge in [-0.05, 0) is 31.2 Å². The van der Waals surface area contributed by atoms with Crippen LogP contribution in [0, 0.1) is 0 Å². The van der Waals surface area contributed by atoms with Crippen LogP contribution in [0.5, 0.6) is 0 Å². The smallest absolute Gasteiger partial charge is 0.242 e. The maximum Gasteiger partial charge on any atom is 0.242 e. The molecule has 0 aliphatic heterocycles. The van der Waals surface area contributed by atoms with Crippen LogP contribution in [-0.4, -0.2) is 45.8 Å². The Hall–Kier alpha value is -1.60. The van der Waals surface area contributed by atoms with E-state index >= 15 is 0 Å². The molecule has 1 rings (SSSR count). The van der Waals surface area contributed by atoms with E-state index < -0.39 is 10.0 Å². The lowest BCUT2D eigenvalue weighted by Gasteiger charge is -2.12. The van der Waals surface area contributed by atoms with Crippen molar-refractivity contribution in [1.82, 2.24) is 9.62 Å². The number of carbonyl (C=O) groups is 1. The van der Waals surface area contributed by atoms with Gasteiger partial charge in [0, 0.05) is 26.3 Å². The molecule has 0 fully saturated rings. The van der Waals surface area contributed by atoms with Crippen LogP contribution in [-0.2, 0) is 14.8 Å². The number of sulfonamides is 1. The standard InChI is InChI=1S/C12H19N3O3S/c1-4-13-12(16)9-14-10-5-7-11(8-6-10)19(17,18)15(2)3/h5-8,14H,4,9H2,1-3H3,(H,13,16). The molecule has 0 atom stereocenters. The molecule has 1 amide bonds. The van der Waals surface area contributed by atoms with Gasteiger partial charge < -0.3 is 10.6 Å². The third kappa shape index (κ3) is 4.22. The van der Waals surface area contributed by atoms with Crippen molar-refractivity contribution in [3.63, 3.8) is 0 Å². The van der Waals surface area contributed by atoms with Crippen molar-refractivity contribution in [2.24, 2.45) is 0 Å². The molecule has 1 aromatic rings. The van der Waals surface area contributed by atoms with Gasteiger partial charge in [-0.15, -0.1) is 0 Å². The summed E-state index contributed by atoms with van der Waals surface area (Å²) in [5, 5.41) is 5.58. The number of rotatable bonds is 6. The van der Waals surface area contributed by atoms with E-state index in [-0.39, 0.29) is 17.3 Å². The van der Waals surface area contributed by atoms with E-state index in [1.807, 2.05) is 6.92 Å². The zero-order chi connectivity index (χ0) is 14.5. The Labute approximate surface area is 113 Å². The number of benzene rings is 1. The predicted octanol–water partition coefficient (Wildman–Crippen LogP) is 0.485. The average Bonchev–Trinajstić information content (AvgIpc) is 2.37. The quantitative estimate of drug-likeness (QED) is 0.797. The number of nitrogens with zero attached hydrogens (tertiary/aromatic N) is 1. The Bertz CT molecular complexity index is 524. The number of carbonyl (C=O) groups excluding carboxylic acids is 1. The Morgan fingerprint density at radius 2 is 1.79 bits per heavy atom. The molecule has 2 N–H and O–H groups in total. The highest BCUT2D eigenvalue weighted by molar-refractivity contribution is 7.89. The van der Waals surface area contributed by atoms with Crippen LogP contribution in [0.15, 0.2) is 29.2 Å². The summed E-state index contributed by atoms with van der Waals surface area (Å²) in [5.74, 6) is -0.104. The van der Waals surface area contributed by atoms with E-state index in [0.717, 1.165) is 4.31 Å². The normalized spacial score (nSPS) is 11.4. The fourth-order valence-electron chi connectivity index (χ4n) is 1.40. The minimum absolute atomic E-state index is 0.104. The molecule has 0 aliphatic rings. The molecular formula is C12H19N3O3S. The number of hydrogen-bond donors (Lipinski definition) is 2. The van der Waals surface area contributed by atoms with Crippen molar-refractivity contribution in [3.8, 4) is 0 Å². The van der Waals surface area contributed by atoms with Gasteiger partial charge in [-0.1, -0.05) is 0 Å². The van der Waals surface area contributed by atoms with Crippen LogP contribution in [0.1, 0.15) is 6.92 Å². The lowest BCUT2D eigenvalue weighted by Crippen LogP contribution is -2.29. The maximum atomic E-state index is 11.8. The molecule has 0 bridgehead atoms. The summed E-state index contributed by atoms with van der Waals surface area (Å²) >= 11 is 0. The lowest BCUT2D eigenvalue weighted by atomic mass is 10.3. The molecule has 19 heavy (non-hydrogen) atoms. The third-order valence-electron chi connectivity index (χ3n) is 2.46. The van der Waals surface area contributed by atoms with E-state index in [9.17, 15) is 13.2 Å². The first-order valence-corrected chi connectivity index (χ1v) is 7.35. The molecule has 0 saturated carbocycles. The van der Waals surface area contributed by atoms with Crippen molar-refractivity contribution >= 4 is 21.6 Å². The first-order valence-electron chi connectivity index (χ1n) is 5.91. The molecule has 0 heterocycles. The molecule has 7 heteroatoms. The largest absolute Gasteiger partial charge is 0.376 e. The van der Waals surface area contributed by atoms with E-state index in [1.54, 1.807) is 12.1 Å². The van der Waals surface area contributed by atoms with Gasteiger partial charge >= 0.3 is 0 Å². The van der Waals surface area contributed by atoms with Crippen LogP contribution in [0.3, 0.4) is 0 Å². The summed E-state index contributed by atoms with van der Waals surface area (Å²) in [6.07, 6.45) is 0. The van der Waals surface area contributed by atoms with Gasteiger partial charge in [0.1, 0.15) is 0 Å². The molecule has 0 saturated heterocycles. The Kier molecular flexibility index (Phi) is 5.31. The summed E-state index contributed by atoms with van der Waals surface area (Å²) in [7, 11) is -0.442. The van der Waals surface area contributed by atoms with E-state index in [1.165, 1.54) is 26.2 Å². The molecule has 1 aromatic carbocycles. The SMILES string of the molecule is CCNC(=O)CNc1ccc(S(=O)(=O)N(C)C)cc1. The number of hydrogen-bond acceptors (Lipinski definition) is 4. The first-order chi connectivity index (χ1) is 8.87. The second kappa shape index (κ2) is 6.53. The Balaban J connectivity index is 2.70. The molecule has 6 nitrogen and oxygen atoms in total. The number of nitrogens with one attached hydrogen (secondary N) is 2. The van der Waals surface area contributed by atoms with E-state index in [4.69, 9.17) is 0 Å². The number of amides is 1. The van der Waals surface area contributed by atoms with Gasteiger partial charge in [0.05, 0.1) is 11.4 Å². The topological polar surface area (TPSA) is 78.5 Å². The number of likely N-dealkylation sites (N-methyl/N-ethyl adjacent to an activating group) is 1. The highest BCUT2D eigenvalue weighted by atomic mass is 32.2. The highest BCUT2D eigenvalue weighted by Crippen LogP contribution is 2.16. The monoisotopic (exact) mass is 285 g/mol. The van der Waals surface area contributed by atoms with Crippen molar-refractivity contribution in [2.75, 3.05) is 32.5 Å². The van der Waals surface area contributed by atoms with Gasteiger partial charge in [-0.25, -0.2) is 12.7 Å². The van der Waals surface area contributed by atoms with Crippen LogP contribution in [0.2, 0.25) is 0 Å². The third-order valence-corrected chi connectivity index (χ3v) is 4.29. The molecule has 0 aliphatic carbocycles. The highest BCUT2D eigenvalue weighted by Gasteiger charge is 2.16. The molecule has 0 unspecified atom stereocenters. The predicted molar refractivity (Wildman–Crippen MR) is 74.5 cm³/mol. The fraction of sp³-hybridized carbons (Fsp3) is 0.417. The summed E-state index contributed by atoms with van der Waals surface area (Å²) in [4.78, 5) is 11.5. The van der Waals surface area contributed by atoms with Crippen LogP contribution in [0.25, 0.3) is 0 Å². The van der Waals surface area contributed by atoms with Gasteiger partial charge in [0.25, 0.3) is 0 Å². The van der Waals surface area contributed by atoms with Crippen LogP contribution < -0.4 is 10.6 Å². The first kappa shape index (κ1) is 15.5. The maximum absolute atomic E-state index is 11.8. The summed E-state index contributed by atoms with van der Waals surface area (Å²) in [6, 6.07) is 6.29. The molecular weight excluding hydrogens is 266 g/mol. The summed E-state index contributed by atoms with van der Waals surface area (Å²) in [6.45, 7) is 2.59. The molecule has 0 aromatic heterocycles. The van der Waals surface area contributed by atoms with Crippen molar-refractivity contribution < 1.29 is 13.2 Å². The van der Waals surface area contributed by atoms with Crippen molar-refractivity contribution in [2.45, 2.75) is 11.8 Å². The minimum Gasteiger partial charge on any atom is -0.376 e. The van der Waals surface area contributed by atoms with Crippen LogP contribution >= 0.6 is 0 Å². The zero-order valence-electron chi connectivity index (χ0n) is 11.3. The van der Waals surface area contributed by atoms with Gasteiger partial charge in [-0.3, -0.25) is 4.79 Å². The van der Waals surface area contributed by atoms with Crippen molar-refractivity contribution in [3.05, 3.63) is 24.3 Å². The van der Waals surface area contributed by atoms with Gasteiger partial charge in [-0.2, -0.15) is 0 Å². The molecule has 0 radical (unpaired) electrons. The van der Waals surface area contributed by atoms with E-state index in [0.29, 0.717) is 12.2 Å². The summed E-state index contributed by atoms with van der Waals surface area (Å²) in [5.41, 5.74) is 0.698. The zero-order valence-corrected chi connectivity index (χ0v) is 12.1. The fourth-order valence-corrected chi connectivity index (χ4v) is 2.30. The molecule has 106 valence electrons. The second-order valence-corrected chi connectivity index (χ2v) is 6.27. The number of anilines is 1. The average molecular weight is 285 g/mol. The van der Waals surface area contributed by atoms with Gasteiger partial charge in [0.2, 0.25) is 15.9 Å². The van der Waals surface area contributed by atoms with Crippen molar-refractivity contribution in [1.29, 1.82) is 0 Å². The van der Waals surface area contributed by atoms with Crippen LogP contribution in [0.4, 0.5) is 5.69 Å². The van der Waals surface area contributed by atoms with Gasteiger partial charge in [0.15, 0.2) is 0 Å². The minimum atomic E-state index is -3.41. The van der Waals surface area contributed by atoms with E-state index in [2.05, 4.69) is 10.6 Å². The lowest BCUT2D eigenvalue weighted by molar-refractivity contribution is -0.119. The molecule has 0 spiro atoms.